The van der Waals surface area contributed by atoms with Gasteiger partial charge < -0.3 is 15.2 Å². The van der Waals surface area contributed by atoms with Gasteiger partial charge in [0.15, 0.2) is 0 Å². The van der Waals surface area contributed by atoms with Crippen molar-refractivity contribution in [2.75, 3.05) is 6.61 Å². The van der Waals surface area contributed by atoms with Crippen molar-refractivity contribution in [3.05, 3.63) is 29.3 Å². The molecule has 0 radical (unpaired) electrons. The molecule has 20 heavy (non-hydrogen) atoms. The molecule has 1 aromatic carbocycles. The number of hydrogen-bond donors (Lipinski definition) is 2. The van der Waals surface area contributed by atoms with E-state index in [0.717, 1.165) is 30.6 Å². The van der Waals surface area contributed by atoms with Gasteiger partial charge in [0.05, 0.1) is 13.0 Å². The van der Waals surface area contributed by atoms with Crippen LogP contribution in [0.1, 0.15) is 35.2 Å². The summed E-state index contributed by atoms with van der Waals surface area (Å²) in [6, 6.07) is 5.11. The molecule has 2 aliphatic rings. The molecule has 1 aromatic rings. The van der Waals surface area contributed by atoms with Crippen LogP contribution in [0.15, 0.2) is 18.2 Å². The third-order valence-electron chi connectivity index (χ3n) is 3.85. The third-order valence-corrected chi connectivity index (χ3v) is 3.85. The van der Waals surface area contributed by atoms with E-state index < -0.39 is 5.97 Å². The molecule has 5 heteroatoms. The molecule has 1 aliphatic heterocycles. The Morgan fingerprint density at radius 2 is 2.20 bits per heavy atom. The van der Waals surface area contributed by atoms with E-state index in [1.807, 2.05) is 6.07 Å². The molecule has 1 fully saturated rings. The van der Waals surface area contributed by atoms with Crippen molar-refractivity contribution in [3.8, 4) is 5.75 Å². The van der Waals surface area contributed by atoms with Crippen LogP contribution in [0, 0.1) is 5.92 Å². The van der Waals surface area contributed by atoms with Crippen molar-refractivity contribution in [3.63, 3.8) is 0 Å². The average molecular weight is 275 g/mol. The first-order chi connectivity index (χ1) is 9.63. The van der Waals surface area contributed by atoms with Gasteiger partial charge in [-0.25, -0.2) is 0 Å². The second-order valence-electron chi connectivity index (χ2n) is 5.44. The fourth-order valence-corrected chi connectivity index (χ4v) is 2.60. The van der Waals surface area contributed by atoms with E-state index in [0.29, 0.717) is 18.1 Å². The summed E-state index contributed by atoms with van der Waals surface area (Å²) in [6.07, 6.45) is 2.80. The Morgan fingerprint density at radius 1 is 1.40 bits per heavy atom. The average Bonchev–Trinajstić information content (AvgIpc) is 3.15. The molecule has 3 rings (SSSR count). The van der Waals surface area contributed by atoms with E-state index in [-0.39, 0.29) is 18.4 Å². The van der Waals surface area contributed by atoms with Gasteiger partial charge in [0.25, 0.3) is 5.91 Å². The van der Waals surface area contributed by atoms with Crippen LogP contribution in [0.25, 0.3) is 0 Å². The van der Waals surface area contributed by atoms with Crippen LogP contribution in [-0.4, -0.2) is 29.6 Å². The smallest absolute Gasteiger partial charge is 0.305 e. The van der Waals surface area contributed by atoms with Gasteiger partial charge in [-0.05, 0) is 42.5 Å². The highest BCUT2D eigenvalue weighted by atomic mass is 16.5. The second-order valence-corrected chi connectivity index (χ2v) is 5.44. The molecule has 0 spiro atoms. The second kappa shape index (κ2) is 5.15. The topological polar surface area (TPSA) is 75.6 Å². The molecule has 2 N–H and O–H groups in total. The molecule has 0 saturated heterocycles. The molecule has 1 aliphatic carbocycles. The van der Waals surface area contributed by atoms with E-state index in [1.165, 1.54) is 0 Å². The number of nitrogens with one attached hydrogen (secondary N) is 1. The molecular weight excluding hydrogens is 258 g/mol. The first-order valence-corrected chi connectivity index (χ1v) is 6.92. The lowest BCUT2D eigenvalue weighted by Crippen LogP contribution is -2.38. The maximum atomic E-state index is 12.2. The summed E-state index contributed by atoms with van der Waals surface area (Å²) < 4.78 is 5.41. The molecule has 0 aromatic heterocycles. The van der Waals surface area contributed by atoms with Crippen molar-refractivity contribution < 1.29 is 19.4 Å². The molecule has 5 nitrogen and oxygen atoms in total. The Balaban J connectivity index is 1.70. The Hall–Kier alpha value is -2.04. The van der Waals surface area contributed by atoms with Crippen LogP contribution >= 0.6 is 0 Å². The first-order valence-electron chi connectivity index (χ1n) is 6.92. The predicted octanol–water partition coefficient (Wildman–Crippen LogP) is 1.60. The normalized spacial score (nSPS) is 18.0. The number of amides is 1. The molecular formula is C15H17NO4. The summed E-state index contributed by atoms with van der Waals surface area (Å²) in [4.78, 5) is 23.1. The number of carboxylic acid groups (broad SMARTS) is 1. The lowest BCUT2D eigenvalue weighted by Gasteiger charge is -2.16. The van der Waals surface area contributed by atoms with E-state index in [2.05, 4.69) is 5.32 Å². The van der Waals surface area contributed by atoms with Crippen molar-refractivity contribution in [1.82, 2.24) is 5.32 Å². The number of rotatable bonds is 5. The first kappa shape index (κ1) is 13.0. The van der Waals surface area contributed by atoms with Gasteiger partial charge in [0.2, 0.25) is 0 Å². The van der Waals surface area contributed by atoms with Crippen molar-refractivity contribution >= 4 is 11.9 Å². The van der Waals surface area contributed by atoms with Gasteiger partial charge in [-0.1, -0.05) is 0 Å². The lowest BCUT2D eigenvalue weighted by atomic mass is 10.1. The summed E-state index contributed by atoms with van der Waals surface area (Å²) in [5.41, 5.74) is 1.61. The van der Waals surface area contributed by atoms with Gasteiger partial charge in [-0.2, -0.15) is 0 Å². The van der Waals surface area contributed by atoms with Gasteiger partial charge in [-0.15, -0.1) is 0 Å². The standard InChI is InChI=1S/C15H17NO4/c17-14(18)8-12(9-1-2-9)16-15(19)11-3-4-13-10(7-11)5-6-20-13/h3-4,7,9,12H,1-2,5-6,8H2,(H,16,19)(H,17,18). The van der Waals surface area contributed by atoms with Crippen molar-refractivity contribution in [1.29, 1.82) is 0 Å². The van der Waals surface area contributed by atoms with Gasteiger partial charge in [0, 0.05) is 18.0 Å². The summed E-state index contributed by atoms with van der Waals surface area (Å²) in [6.45, 7) is 0.657. The summed E-state index contributed by atoms with van der Waals surface area (Å²) >= 11 is 0. The van der Waals surface area contributed by atoms with Crippen LogP contribution in [0.2, 0.25) is 0 Å². The highest BCUT2D eigenvalue weighted by Crippen LogP contribution is 2.34. The number of carbonyl (C=O) groups excluding carboxylic acids is 1. The number of fused-ring (bicyclic) bond motifs is 1. The number of carboxylic acids is 1. The molecule has 1 saturated carbocycles. The number of carbonyl (C=O) groups is 2. The van der Waals surface area contributed by atoms with Gasteiger partial charge in [0.1, 0.15) is 5.75 Å². The predicted molar refractivity (Wildman–Crippen MR) is 71.9 cm³/mol. The van der Waals surface area contributed by atoms with E-state index in [1.54, 1.807) is 12.1 Å². The highest BCUT2D eigenvalue weighted by molar-refractivity contribution is 5.95. The molecule has 106 valence electrons. The minimum atomic E-state index is -0.871. The van der Waals surface area contributed by atoms with E-state index in [4.69, 9.17) is 9.84 Å². The molecule has 0 bridgehead atoms. The maximum absolute atomic E-state index is 12.2. The molecule has 1 atom stereocenters. The Labute approximate surface area is 116 Å². The number of aliphatic carboxylic acids is 1. The lowest BCUT2D eigenvalue weighted by molar-refractivity contribution is -0.137. The van der Waals surface area contributed by atoms with Crippen LogP contribution in [-0.2, 0) is 11.2 Å². The SMILES string of the molecule is O=C(O)CC(NC(=O)c1ccc2c(c1)CCO2)C1CC1. The monoisotopic (exact) mass is 275 g/mol. The number of ether oxygens (including phenoxy) is 1. The molecule has 1 heterocycles. The minimum absolute atomic E-state index is 0.00947. The minimum Gasteiger partial charge on any atom is -0.493 e. The van der Waals surface area contributed by atoms with Crippen molar-refractivity contribution in [2.24, 2.45) is 5.92 Å². The highest BCUT2D eigenvalue weighted by Gasteiger charge is 2.34. The summed E-state index contributed by atoms with van der Waals surface area (Å²) in [5, 5.41) is 11.8. The summed E-state index contributed by atoms with van der Waals surface area (Å²) in [7, 11) is 0. The zero-order valence-electron chi connectivity index (χ0n) is 11.1. The molecule has 1 unspecified atom stereocenters. The zero-order chi connectivity index (χ0) is 14.1. The zero-order valence-corrected chi connectivity index (χ0v) is 11.1. The maximum Gasteiger partial charge on any atom is 0.305 e. The Bertz CT molecular complexity index is 551. The van der Waals surface area contributed by atoms with E-state index >= 15 is 0 Å². The Morgan fingerprint density at radius 3 is 2.90 bits per heavy atom. The van der Waals surface area contributed by atoms with Crippen LogP contribution in [0.5, 0.6) is 5.75 Å². The van der Waals surface area contributed by atoms with E-state index in [9.17, 15) is 9.59 Å². The van der Waals surface area contributed by atoms with Crippen LogP contribution in [0.4, 0.5) is 0 Å². The summed E-state index contributed by atoms with van der Waals surface area (Å²) in [5.74, 6) is 0.0843. The quantitative estimate of drug-likeness (QED) is 0.856. The number of benzene rings is 1. The van der Waals surface area contributed by atoms with Crippen LogP contribution in [0.3, 0.4) is 0 Å². The number of hydrogen-bond acceptors (Lipinski definition) is 3. The molecule has 1 amide bonds. The van der Waals surface area contributed by atoms with Gasteiger partial charge in [-0.3, -0.25) is 9.59 Å². The van der Waals surface area contributed by atoms with Crippen molar-refractivity contribution in [2.45, 2.75) is 31.7 Å². The Kier molecular flexibility index (Phi) is 3.34. The fourth-order valence-electron chi connectivity index (χ4n) is 2.60. The largest absolute Gasteiger partial charge is 0.493 e. The van der Waals surface area contributed by atoms with Gasteiger partial charge >= 0.3 is 5.97 Å². The van der Waals surface area contributed by atoms with Crippen LogP contribution < -0.4 is 10.1 Å². The fraction of sp³-hybridized carbons (Fsp3) is 0.467. The third kappa shape index (κ3) is 2.76.